The van der Waals surface area contributed by atoms with Crippen LogP contribution in [0.1, 0.15) is 19.4 Å². The topological polar surface area (TPSA) is 59.3 Å². The molecular formula is C13H12FNO3. The van der Waals surface area contributed by atoms with Crippen LogP contribution in [0.15, 0.2) is 35.3 Å². The average Bonchev–Trinajstić information content (AvgIpc) is 2.32. The number of halogens is 1. The van der Waals surface area contributed by atoms with Crippen LogP contribution in [0.5, 0.6) is 0 Å². The lowest BCUT2D eigenvalue weighted by atomic mass is 10.1. The fourth-order valence-corrected chi connectivity index (χ4v) is 1.97. The van der Waals surface area contributed by atoms with E-state index >= 15 is 0 Å². The van der Waals surface area contributed by atoms with Crippen LogP contribution >= 0.6 is 0 Å². The molecule has 5 heteroatoms. The Morgan fingerprint density at radius 2 is 2.17 bits per heavy atom. The Morgan fingerprint density at radius 3 is 2.78 bits per heavy atom. The SMILES string of the molecule is CCC(C(=O)O)n1ccc2cc(F)ccc2c1=O. The van der Waals surface area contributed by atoms with E-state index in [1.54, 1.807) is 13.0 Å². The van der Waals surface area contributed by atoms with Crippen LogP contribution in [-0.4, -0.2) is 15.6 Å². The maximum Gasteiger partial charge on any atom is 0.326 e. The van der Waals surface area contributed by atoms with E-state index in [-0.39, 0.29) is 0 Å². The first kappa shape index (κ1) is 12.3. The highest BCUT2D eigenvalue weighted by atomic mass is 19.1. The van der Waals surface area contributed by atoms with Gasteiger partial charge in [0.05, 0.1) is 0 Å². The van der Waals surface area contributed by atoms with E-state index in [0.29, 0.717) is 17.2 Å². The molecule has 4 nitrogen and oxygen atoms in total. The molecule has 0 spiro atoms. The second-order valence-corrected chi connectivity index (χ2v) is 4.02. The molecule has 94 valence electrons. The Kier molecular flexibility index (Phi) is 3.14. The second-order valence-electron chi connectivity index (χ2n) is 4.02. The number of hydrogen-bond acceptors (Lipinski definition) is 2. The van der Waals surface area contributed by atoms with Gasteiger partial charge in [0.1, 0.15) is 11.9 Å². The van der Waals surface area contributed by atoms with Gasteiger partial charge < -0.3 is 9.67 Å². The molecule has 0 aliphatic heterocycles. The number of pyridine rings is 1. The molecular weight excluding hydrogens is 237 g/mol. The van der Waals surface area contributed by atoms with Crippen LogP contribution in [0.25, 0.3) is 10.8 Å². The lowest BCUT2D eigenvalue weighted by molar-refractivity contribution is -0.141. The van der Waals surface area contributed by atoms with Crippen molar-refractivity contribution in [3.8, 4) is 0 Å². The number of hydrogen-bond donors (Lipinski definition) is 1. The third-order valence-electron chi connectivity index (χ3n) is 2.90. The molecule has 0 saturated heterocycles. The number of aliphatic carboxylic acids is 1. The smallest absolute Gasteiger partial charge is 0.326 e. The fourth-order valence-electron chi connectivity index (χ4n) is 1.97. The van der Waals surface area contributed by atoms with Gasteiger partial charge in [-0.15, -0.1) is 0 Å². The van der Waals surface area contributed by atoms with Gasteiger partial charge in [0.25, 0.3) is 5.56 Å². The molecule has 0 aliphatic carbocycles. The Labute approximate surface area is 102 Å². The van der Waals surface area contributed by atoms with Crippen LogP contribution in [0, 0.1) is 5.82 Å². The zero-order chi connectivity index (χ0) is 13.3. The summed E-state index contributed by atoms with van der Waals surface area (Å²) in [7, 11) is 0. The lowest BCUT2D eigenvalue weighted by Gasteiger charge is -2.14. The van der Waals surface area contributed by atoms with Gasteiger partial charge in [-0.2, -0.15) is 0 Å². The van der Waals surface area contributed by atoms with Gasteiger partial charge in [-0.25, -0.2) is 9.18 Å². The van der Waals surface area contributed by atoms with Crippen molar-refractivity contribution in [3.63, 3.8) is 0 Å². The van der Waals surface area contributed by atoms with Crippen molar-refractivity contribution in [3.05, 3.63) is 46.6 Å². The van der Waals surface area contributed by atoms with E-state index in [1.807, 2.05) is 0 Å². The van der Waals surface area contributed by atoms with Gasteiger partial charge >= 0.3 is 5.97 Å². The van der Waals surface area contributed by atoms with Crippen LogP contribution in [0.3, 0.4) is 0 Å². The van der Waals surface area contributed by atoms with Gasteiger partial charge in [-0.05, 0) is 36.1 Å². The third-order valence-corrected chi connectivity index (χ3v) is 2.90. The number of benzene rings is 1. The van der Waals surface area contributed by atoms with Crippen molar-refractivity contribution in [2.45, 2.75) is 19.4 Å². The highest BCUT2D eigenvalue weighted by Gasteiger charge is 2.18. The van der Waals surface area contributed by atoms with Gasteiger partial charge in [0, 0.05) is 11.6 Å². The highest BCUT2D eigenvalue weighted by molar-refractivity contribution is 5.82. The Bertz CT molecular complexity index is 663. The van der Waals surface area contributed by atoms with Crippen molar-refractivity contribution < 1.29 is 14.3 Å². The minimum Gasteiger partial charge on any atom is -0.480 e. The standard InChI is InChI=1S/C13H12FNO3/c1-2-11(13(17)18)15-6-5-8-7-9(14)3-4-10(8)12(15)16/h3-7,11H,2H2,1H3,(H,17,18). The zero-order valence-electron chi connectivity index (χ0n) is 9.76. The summed E-state index contributed by atoms with van der Waals surface area (Å²) in [6.45, 7) is 1.69. The molecule has 18 heavy (non-hydrogen) atoms. The number of carboxylic acid groups (broad SMARTS) is 1. The average molecular weight is 249 g/mol. The summed E-state index contributed by atoms with van der Waals surface area (Å²) in [5.41, 5.74) is -0.415. The van der Waals surface area contributed by atoms with Gasteiger partial charge in [0.15, 0.2) is 0 Å². The molecule has 1 unspecified atom stereocenters. The number of rotatable bonds is 3. The van der Waals surface area contributed by atoms with Crippen molar-refractivity contribution in [2.24, 2.45) is 0 Å². The molecule has 0 bridgehead atoms. The maximum atomic E-state index is 13.0. The van der Waals surface area contributed by atoms with Crippen LogP contribution < -0.4 is 5.56 Å². The minimum absolute atomic E-state index is 0.307. The highest BCUT2D eigenvalue weighted by Crippen LogP contribution is 2.15. The van der Waals surface area contributed by atoms with E-state index in [2.05, 4.69) is 0 Å². The number of carboxylic acids is 1. The molecule has 1 heterocycles. The molecule has 0 radical (unpaired) electrons. The normalized spacial score (nSPS) is 12.6. The monoisotopic (exact) mass is 249 g/mol. The Morgan fingerprint density at radius 1 is 1.44 bits per heavy atom. The lowest BCUT2D eigenvalue weighted by Crippen LogP contribution is -2.29. The summed E-state index contributed by atoms with van der Waals surface area (Å²) in [6, 6.07) is 4.47. The van der Waals surface area contributed by atoms with E-state index < -0.39 is 23.4 Å². The Balaban J connectivity index is 2.68. The van der Waals surface area contributed by atoms with E-state index in [9.17, 15) is 14.0 Å². The van der Waals surface area contributed by atoms with Crippen molar-refractivity contribution >= 4 is 16.7 Å². The number of nitrogens with zero attached hydrogens (tertiary/aromatic N) is 1. The van der Waals surface area contributed by atoms with Crippen LogP contribution in [0.2, 0.25) is 0 Å². The molecule has 1 N–H and O–H groups in total. The molecule has 0 saturated carbocycles. The summed E-state index contributed by atoms with van der Waals surface area (Å²) in [4.78, 5) is 23.2. The zero-order valence-corrected chi connectivity index (χ0v) is 9.76. The molecule has 0 amide bonds. The first-order valence-electron chi connectivity index (χ1n) is 5.57. The first-order chi connectivity index (χ1) is 8.54. The van der Waals surface area contributed by atoms with E-state index in [4.69, 9.17) is 5.11 Å². The van der Waals surface area contributed by atoms with E-state index in [1.165, 1.54) is 29.0 Å². The van der Waals surface area contributed by atoms with Crippen LogP contribution in [0.4, 0.5) is 4.39 Å². The molecule has 1 aromatic heterocycles. The molecule has 2 aromatic rings. The minimum atomic E-state index is -1.05. The maximum absolute atomic E-state index is 13.0. The molecule has 0 aliphatic rings. The quantitative estimate of drug-likeness (QED) is 0.906. The fraction of sp³-hybridized carbons (Fsp3) is 0.231. The molecule has 2 rings (SSSR count). The summed E-state index contributed by atoms with van der Waals surface area (Å²) >= 11 is 0. The predicted molar refractivity (Wildman–Crippen MR) is 65.1 cm³/mol. The van der Waals surface area contributed by atoms with E-state index in [0.717, 1.165) is 0 Å². The summed E-state index contributed by atoms with van der Waals surface area (Å²) in [5.74, 6) is -1.48. The number of fused-ring (bicyclic) bond motifs is 1. The Hall–Kier alpha value is -2.17. The second kappa shape index (κ2) is 4.60. The van der Waals surface area contributed by atoms with Gasteiger partial charge in [-0.1, -0.05) is 6.92 Å². The largest absolute Gasteiger partial charge is 0.480 e. The summed E-state index contributed by atoms with van der Waals surface area (Å²) in [5, 5.41) is 9.83. The summed E-state index contributed by atoms with van der Waals surface area (Å²) < 4.78 is 14.2. The molecule has 1 atom stereocenters. The third kappa shape index (κ3) is 1.99. The van der Waals surface area contributed by atoms with Crippen molar-refractivity contribution in [2.75, 3.05) is 0 Å². The summed E-state index contributed by atoms with van der Waals surface area (Å²) in [6.07, 6.45) is 1.70. The van der Waals surface area contributed by atoms with Gasteiger partial charge in [-0.3, -0.25) is 4.79 Å². The molecule has 0 fully saturated rings. The first-order valence-corrected chi connectivity index (χ1v) is 5.57. The number of aromatic nitrogens is 1. The van der Waals surface area contributed by atoms with Gasteiger partial charge in [0.2, 0.25) is 0 Å². The predicted octanol–water partition coefficient (Wildman–Crippen LogP) is 2.18. The molecule has 1 aromatic carbocycles. The number of carbonyl (C=O) groups is 1. The van der Waals surface area contributed by atoms with Crippen LogP contribution in [-0.2, 0) is 4.79 Å². The van der Waals surface area contributed by atoms with Crippen molar-refractivity contribution in [1.82, 2.24) is 4.57 Å². The van der Waals surface area contributed by atoms with Crippen molar-refractivity contribution in [1.29, 1.82) is 0 Å².